The molecule has 0 atom stereocenters. The molecule has 2 rings (SSSR count). The molecule has 1 aromatic heterocycles. The van der Waals surface area contributed by atoms with Gasteiger partial charge in [0.05, 0.1) is 12.8 Å². The van der Waals surface area contributed by atoms with Gasteiger partial charge in [-0.2, -0.15) is 0 Å². The van der Waals surface area contributed by atoms with Crippen molar-refractivity contribution in [1.82, 2.24) is 0 Å². The summed E-state index contributed by atoms with van der Waals surface area (Å²) in [5.74, 6) is 0.782. The highest BCUT2D eigenvalue weighted by atomic mass is 35.5. The summed E-state index contributed by atoms with van der Waals surface area (Å²) in [6, 6.07) is 5.50. The fraction of sp³-hybridized carbons (Fsp3) is 0.0909. The maximum absolute atomic E-state index is 5.95. The molecule has 1 aromatic carbocycles. The fourth-order valence-electron chi connectivity index (χ4n) is 1.42. The number of methoxy groups -OCH3 is 1. The van der Waals surface area contributed by atoms with Crippen LogP contribution in [-0.4, -0.2) is 7.11 Å². The van der Waals surface area contributed by atoms with Crippen molar-refractivity contribution in [2.24, 2.45) is 0 Å². The normalized spacial score (nSPS) is 10.3. The van der Waals surface area contributed by atoms with Crippen molar-refractivity contribution in [2.45, 2.75) is 0 Å². The van der Waals surface area contributed by atoms with E-state index < -0.39 is 0 Å². The molecule has 0 spiro atoms. The van der Waals surface area contributed by atoms with Gasteiger partial charge in [0.25, 0.3) is 0 Å². The molecule has 0 bridgehead atoms. The van der Waals surface area contributed by atoms with Crippen LogP contribution in [0.5, 0.6) is 5.75 Å². The van der Waals surface area contributed by atoms with Crippen molar-refractivity contribution in [3.63, 3.8) is 0 Å². The molecular weight excluding hydrogens is 230 g/mol. The molecule has 78 valence electrons. The van der Waals surface area contributed by atoms with Gasteiger partial charge in [-0.3, -0.25) is 0 Å². The number of ether oxygens (including phenoxy) is 1. The maximum atomic E-state index is 5.95. The molecule has 0 saturated carbocycles. The Morgan fingerprint density at radius 3 is 2.67 bits per heavy atom. The molecule has 0 aliphatic heterocycles. The average molecular weight is 240 g/mol. The standard InChI is InChI=1S/C11H10ClNOS/c1-14-11-3-2-7(12)4-8(11)9-5-15-6-10(9)13/h2-6H,13H2,1H3. The number of nitrogen functional groups attached to an aromatic ring is 1. The van der Waals surface area contributed by atoms with E-state index in [4.69, 9.17) is 22.1 Å². The number of benzene rings is 1. The van der Waals surface area contributed by atoms with E-state index in [2.05, 4.69) is 0 Å². The molecule has 4 heteroatoms. The summed E-state index contributed by atoms with van der Waals surface area (Å²) < 4.78 is 5.27. The van der Waals surface area contributed by atoms with Crippen LogP contribution >= 0.6 is 22.9 Å². The molecule has 15 heavy (non-hydrogen) atoms. The smallest absolute Gasteiger partial charge is 0.126 e. The summed E-state index contributed by atoms with van der Waals surface area (Å²) in [4.78, 5) is 0. The van der Waals surface area contributed by atoms with Gasteiger partial charge in [-0.05, 0) is 18.2 Å². The van der Waals surface area contributed by atoms with Crippen LogP contribution in [0.4, 0.5) is 5.69 Å². The Morgan fingerprint density at radius 1 is 1.27 bits per heavy atom. The Kier molecular flexibility index (Phi) is 2.84. The van der Waals surface area contributed by atoms with Gasteiger partial charge < -0.3 is 10.5 Å². The van der Waals surface area contributed by atoms with Gasteiger partial charge in [-0.25, -0.2) is 0 Å². The van der Waals surface area contributed by atoms with Gasteiger partial charge in [0, 0.05) is 26.9 Å². The minimum Gasteiger partial charge on any atom is -0.496 e. The van der Waals surface area contributed by atoms with Gasteiger partial charge in [0.2, 0.25) is 0 Å². The molecule has 0 saturated heterocycles. The maximum Gasteiger partial charge on any atom is 0.126 e. The van der Waals surface area contributed by atoms with E-state index in [9.17, 15) is 0 Å². The second kappa shape index (κ2) is 4.13. The van der Waals surface area contributed by atoms with Gasteiger partial charge >= 0.3 is 0 Å². The lowest BCUT2D eigenvalue weighted by Crippen LogP contribution is -1.90. The van der Waals surface area contributed by atoms with E-state index in [-0.39, 0.29) is 0 Å². The van der Waals surface area contributed by atoms with Crippen LogP contribution in [0, 0.1) is 0 Å². The summed E-state index contributed by atoms with van der Waals surface area (Å²) in [5, 5.41) is 4.57. The topological polar surface area (TPSA) is 35.2 Å². The third-order valence-corrected chi connectivity index (χ3v) is 3.14. The Labute approximate surface area is 97.3 Å². The predicted octanol–water partition coefficient (Wildman–Crippen LogP) is 3.66. The second-order valence-electron chi connectivity index (χ2n) is 3.09. The first kappa shape index (κ1) is 10.3. The van der Waals surface area contributed by atoms with Crippen molar-refractivity contribution in [3.8, 4) is 16.9 Å². The van der Waals surface area contributed by atoms with Gasteiger partial charge in [-0.1, -0.05) is 11.6 Å². The summed E-state index contributed by atoms with van der Waals surface area (Å²) in [5.41, 5.74) is 8.51. The highest BCUT2D eigenvalue weighted by Crippen LogP contribution is 2.37. The molecular formula is C11H10ClNOS. The highest BCUT2D eigenvalue weighted by molar-refractivity contribution is 7.08. The van der Waals surface area contributed by atoms with E-state index in [1.165, 1.54) is 0 Å². The van der Waals surface area contributed by atoms with Crippen LogP contribution in [0.2, 0.25) is 5.02 Å². The van der Waals surface area contributed by atoms with E-state index in [0.29, 0.717) is 5.02 Å². The third kappa shape index (κ3) is 1.94. The Bertz CT molecular complexity index is 481. The molecule has 0 radical (unpaired) electrons. The molecule has 0 amide bonds. The quantitative estimate of drug-likeness (QED) is 0.868. The highest BCUT2D eigenvalue weighted by Gasteiger charge is 2.10. The van der Waals surface area contributed by atoms with Crippen molar-refractivity contribution >= 4 is 28.6 Å². The number of rotatable bonds is 2. The number of thiophene rings is 1. The van der Waals surface area contributed by atoms with E-state index in [0.717, 1.165) is 22.6 Å². The second-order valence-corrected chi connectivity index (χ2v) is 4.27. The largest absolute Gasteiger partial charge is 0.496 e. The number of halogens is 1. The summed E-state index contributed by atoms with van der Waals surface area (Å²) in [6.07, 6.45) is 0. The van der Waals surface area contributed by atoms with E-state index in [1.807, 2.05) is 22.9 Å². The first-order valence-electron chi connectivity index (χ1n) is 4.38. The third-order valence-electron chi connectivity index (χ3n) is 2.14. The van der Waals surface area contributed by atoms with Crippen LogP contribution in [0.3, 0.4) is 0 Å². The molecule has 2 N–H and O–H groups in total. The van der Waals surface area contributed by atoms with Crippen molar-refractivity contribution < 1.29 is 4.74 Å². The number of anilines is 1. The van der Waals surface area contributed by atoms with Crippen LogP contribution in [0.15, 0.2) is 29.0 Å². The lowest BCUT2D eigenvalue weighted by Gasteiger charge is -2.08. The van der Waals surface area contributed by atoms with Crippen LogP contribution in [0.25, 0.3) is 11.1 Å². The molecule has 2 nitrogen and oxygen atoms in total. The predicted molar refractivity (Wildman–Crippen MR) is 65.7 cm³/mol. The van der Waals surface area contributed by atoms with Crippen molar-refractivity contribution in [3.05, 3.63) is 34.0 Å². The molecule has 1 heterocycles. The van der Waals surface area contributed by atoms with Crippen LogP contribution < -0.4 is 10.5 Å². The van der Waals surface area contributed by atoms with Crippen molar-refractivity contribution in [2.75, 3.05) is 12.8 Å². The zero-order chi connectivity index (χ0) is 10.8. The minimum absolute atomic E-state index is 0.677. The summed E-state index contributed by atoms with van der Waals surface area (Å²) in [7, 11) is 1.63. The summed E-state index contributed by atoms with van der Waals surface area (Å²) >= 11 is 7.51. The summed E-state index contributed by atoms with van der Waals surface area (Å²) in [6.45, 7) is 0. The van der Waals surface area contributed by atoms with Gasteiger partial charge in [0.15, 0.2) is 0 Å². The number of hydrogen-bond donors (Lipinski definition) is 1. The molecule has 0 fully saturated rings. The lowest BCUT2D eigenvalue weighted by molar-refractivity contribution is 0.416. The minimum atomic E-state index is 0.677. The molecule has 2 aromatic rings. The SMILES string of the molecule is COc1ccc(Cl)cc1-c1cscc1N. The van der Waals surface area contributed by atoms with Crippen molar-refractivity contribution in [1.29, 1.82) is 0 Å². The molecule has 0 unspecified atom stereocenters. The zero-order valence-electron chi connectivity index (χ0n) is 8.16. The lowest BCUT2D eigenvalue weighted by atomic mass is 10.1. The van der Waals surface area contributed by atoms with E-state index >= 15 is 0 Å². The molecule has 0 aliphatic rings. The van der Waals surface area contributed by atoms with Crippen LogP contribution in [0.1, 0.15) is 0 Å². The first-order valence-corrected chi connectivity index (χ1v) is 5.70. The Morgan fingerprint density at radius 2 is 2.07 bits per heavy atom. The van der Waals surface area contributed by atoms with Gasteiger partial charge in [0.1, 0.15) is 5.75 Å². The number of nitrogens with two attached hydrogens (primary N) is 1. The zero-order valence-corrected chi connectivity index (χ0v) is 9.73. The monoisotopic (exact) mass is 239 g/mol. The Hall–Kier alpha value is -1.19. The Balaban J connectivity index is 2.60. The first-order chi connectivity index (χ1) is 7.22. The van der Waals surface area contributed by atoms with Gasteiger partial charge in [-0.15, -0.1) is 11.3 Å². The fourth-order valence-corrected chi connectivity index (χ4v) is 2.33. The van der Waals surface area contributed by atoms with E-state index in [1.54, 1.807) is 24.5 Å². The average Bonchev–Trinajstić information content (AvgIpc) is 2.64. The number of hydrogen-bond acceptors (Lipinski definition) is 3. The molecule has 0 aliphatic carbocycles. The van der Waals surface area contributed by atoms with Crippen LogP contribution in [-0.2, 0) is 0 Å².